The van der Waals surface area contributed by atoms with E-state index < -0.39 is 0 Å². The Kier molecular flexibility index (Phi) is 4.23. The highest BCUT2D eigenvalue weighted by Gasteiger charge is 2.05. The Bertz CT molecular complexity index is 581. The first-order valence-electron chi connectivity index (χ1n) is 6.39. The molecule has 0 saturated heterocycles. The van der Waals surface area contributed by atoms with Gasteiger partial charge in [0.15, 0.2) is 0 Å². The molecule has 4 heteroatoms. The molecule has 2 aromatic carbocycles. The molecular formula is C15H18N2O2. The van der Waals surface area contributed by atoms with Gasteiger partial charge in [0.2, 0.25) is 5.91 Å². The van der Waals surface area contributed by atoms with Crippen molar-refractivity contribution in [2.75, 3.05) is 18.9 Å². The van der Waals surface area contributed by atoms with E-state index in [1.807, 2.05) is 43.3 Å². The van der Waals surface area contributed by atoms with Crippen LogP contribution in [0.15, 0.2) is 36.4 Å². The summed E-state index contributed by atoms with van der Waals surface area (Å²) >= 11 is 0. The molecule has 0 bridgehead atoms. The summed E-state index contributed by atoms with van der Waals surface area (Å²) in [4.78, 5) is 11.3. The molecule has 0 fully saturated rings. The Morgan fingerprint density at radius 1 is 1.21 bits per heavy atom. The van der Waals surface area contributed by atoms with E-state index in [9.17, 15) is 4.79 Å². The highest BCUT2D eigenvalue weighted by molar-refractivity contribution is 5.97. The summed E-state index contributed by atoms with van der Waals surface area (Å²) in [6.07, 6.45) is 0.354. The largest absolute Gasteiger partial charge is 0.492 e. The molecular weight excluding hydrogens is 240 g/mol. The Balaban J connectivity index is 2.09. The van der Waals surface area contributed by atoms with Crippen LogP contribution in [-0.2, 0) is 4.79 Å². The Morgan fingerprint density at radius 3 is 2.68 bits per heavy atom. The fraction of sp³-hybridized carbons (Fsp3) is 0.267. The number of ether oxygens (including phenoxy) is 1. The third-order valence-corrected chi connectivity index (χ3v) is 2.88. The zero-order chi connectivity index (χ0) is 13.7. The zero-order valence-electron chi connectivity index (χ0n) is 11.0. The van der Waals surface area contributed by atoms with Crippen molar-refractivity contribution in [3.63, 3.8) is 0 Å². The summed E-state index contributed by atoms with van der Waals surface area (Å²) in [5.41, 5.74) is 6.65. The molecule has 0 aliphatic carbocycles. The van der Waals surface area contributed by atoms with Crippen LogP contribution in [-0.4, -0.2) is 19.1 Å². The lowest BCUT2D eigenvalue weighted by Crippen LogP contribution is -2.24. The zero-order valence-corrected chi connectivity index (χ0v) is 11.0. The van der Waals surface area contributed by atoms with Gasteiger partial charge in [-0.3, -0.25) is 4.79 Å². The average Bonchev–Trinajstić information content (AvgIpc) is 2.42. The smallest absolute Gasteiger partial charge is 0.223 e. The van der Waals surface area contributed by atoms with Crippen LogP contribution >= 0.6 is 0 Å². The highest BCUT2D eigenvalue weighted by atomic mass is 16.5. The number of anilines is 1. The minimum absolute atomic E-state index is 0.00208. The fourth-order valence-electron chi connectivity index (χ4n) is 1.96. The molecule has 0 heterocycles. The number of hydrogen-bond acceptors (Lipinski definition) is 3. The lowest BCUT2D eigenvalue weighted by atomic mass is 10.1. The number of hydrogen-bond donors (Lipinski definition) is 2. The van der Waals surface area contributed by atoms with Gasteiger partial charge in [0.1, 0.15) is 5.75 Å². The summed E-state index contributed by atoms with van der Waals surface area (Å²) in [7, 11) is 0. The van der Waals surface area contributed by atoms with Crippen LogP contribution in [0.25, 0.3) is 10.8 Å². The first-order valence-corrected chi connectivity index (χ1v) is 6.39. The molecule has 0 aliphatic heterocycles. The number of nitrogens with two attached hydrogens (primary N) is 1. The molecule has 4 nitrogen and oxygen atoms in total. The number of amides is 1. The topological polar surface area (TPSA) is 64.3 Å². The van der Waals surface area contributed by atoms with Crippen LogP contribution in [0.1, 0.15) is 13.3 Å². The van der Waals surface area contributed by atoms with E-state index in [0.717, 1.165) is 22.2 Å². The molecule has 3 N–H and O–H groups in total. The molecule has 1 amide bonds. The Hall–Kier alpha value is -2.23. The Morgan fingerprint density at radius 2 is 1.95 bits per heavy atom. The third kappa shape index (κ3) is 3.16. The number of fused-ring (bicyclic) bond motifs is 1. The highest BCUT2D eigenvalue weighted by Crippen LogP contribution is 2.29. The standard InChI is InChI=1S/C15H18N2O2/c1-2-17-15(18)9-10-19-14-8-7-13(16)11-5-3-4-6-12(11)14/h3-8H,2,9-10,16H2,1H3,(H,17,18). The van der Waals surface area contributed by atoms with E-state index in [1.165, 1.54) is 0 Å². The summed E-state index contributed by atoms with van der Waals surface area (Å²) in [5.74, 6) is 0.761. The molecule has 100 valence electrons. The minimum atomic E-state index is 0.00208. The first kappa shape index (κ1) is 13.2. The maximum absolute atomic E-state index is 11.3. The maximum Gasteiger partial charge on any atom is 0.223 e. The van der Waals surface area contributed by atoms with Gasteiger partial charge in [-0.1, -0.05) is 24.3 Å². The number of carbonyl (C=O) groups excluding carboxylic acids is 1. The van der Waals surface area contributed by atoms with E-state index in [2.05, 4.69) is 5.32 Å². The van der Waals surface area contributed by atoms with Crippen molar-refractivity contribution in [3.8, 4) is 5.75 Å². The molecule has 0 saturated carbocycles. The van der Waals surface area contributed by atoms with Crippen LogP contribution in [0, 0.1) is 0 Å². The van der Waals surface area contributed by atoms with Gasteiger partial charge in [-0.25, -0.2) is 0 Å². The molecule has 0 aliphatic rings. The summed E-state index contributed by atoms with van der Waals surface area (Å²) in [6, 6.07) is 11.5. The van der Waals surface area contributed by atoms with Crippen molar-refractivity contribution in [1.82, 2.24) is 5.32 Å². The lowest BCUT2D eigenvalue weighted by molar-refractivity contribution is -0.121. The van der Waals surface area contributed by atoms with Crippen LogP contribution in [0.4, 0.5) is 5.69 Å². The monoisotopic (exact) mass is 258 g/mol. The van der Waals surface area contributed by atoms with Gasteiger partial charge in [-0.2, -0.15) is 0 Å². The second-order valence-electron chi connectivity index (χ2n) is 4.25. The number of nitrogens with one attached hydrogen (secondary N) is 1. The maximum atomic E-state index is 11.3. The molecule has 0 spiro atoms. The van der Waals surface area contributed by atoms with Gasteiger partial charge in [-0.05, 0) is 19.1 Å². The van der Waals surface area contributed by atoms with Crippen LogP contribution in [0.3, 0.4) is 0 Å². The van der Waals surface area contributed by atoms with E-state index in [1.54, 1.807) is 0 Å². The lowest BCUT2D eigenvalue weighted by Gasteiger charge is -2.10. The second kappa shape index (κ2) is 6.09. The molecule has 0 unspecified atom stereocenters. The van der Waals surface area contributed by atoms with Gasteiger partial charge in [-0.15, -0.1) is 0 Å². The van der Waals surface area contributed by atoms with E-state index >= 15 is 0 Å². The predicted molar refractivity (Wildman–Crippen MR) is 77.2 cm³/mol. The second-order valence-corrected chi connectivity index (χ2v) is 4.25. The number of nitrogen functional groups attached to an aromatic ring is 1. The molecule has 2 aromatic rings. The normalized spacial score (nSPS) is 10.4. The quantitative estimate of drug-likeness (QED) is 0.809. The van der Waals surface area contributed by atoms with Crippen molar-refractivity contribution in [1.29, 1.82) is 0 Å². The molecule has 0 atom stereocenters. The van der Waals surface area contributed by atoms with Gasteiger partial charge in [0.25, 0.3) is 0 Å². The number of rotatable bonds is 5. The predicted octanol–water partition coefficient (Wildman–Crippen LogP) is 2.33. The van der Waals surface area contributed by atoms with Gasteiger partial charge in [0, 0.05) is 23.0 Å². The van der Waals surface area contributed by atoms with Gasteiger partial charge in [0.05, 0.1) is 13.0 Å². The molecule has 0 radical (unpaired) electrons. The van der Waals surface area contributed by atoms with Gasteiger partial charge >= 0.3 is 0 Å². The SMILES string of the molecule is CCNC(=O)CCOc1ccc(N)c2ccccc12. The van der Waals surface area contributed by atoms with Crippen LogP contribution in [0.5, 0.6) is 5.75 Å². The minimum Gasteiger partial charge on any atom is -0.492 e. The molecule has 2 rings (SSSR count). The summed E-state index contributed by atoms with van der Waals surface area (Å²) < 4.78 is 5.67. The van der Waals surface area contributed by atoms with E-state index in [0.29, 0.717) is 19.6 Å². The molecule has 19 heavy (non-hydrogen) atoms. The Labute approximate surface area is 112 Å². The third-order valence-electron chi connectivity index (χ3n) is 2.88. The first-order chi connectivity index (χ1) is 9.22. The van der Waals surface area contributed by atoms with Gasteiger partial charge < -0.3 is 15.8 Å². The van der Waals surface area contributed by atoms with Crippen LogP contribution in [0.2, 0.25) is 0 Å². The summed E-state index contributed by atoms with van der Waals surface area (Å²) in [5, 5.41) is 4.68. The molecule has 0 aromatic heterocycles. The van der Waals surface area contributed by atoms with Crippen molar-refractivity contribution < 1.29 is 9.53 Å². The van der Waals surface area contributed by atoms with Crippen molar-refractivity contribution >= 4 is 22.4 Å². The van der Waals surface area contributed by atoms with Crippen LogP contribution < -0.4 is 15.8 Å². The van der Waals surface area contributed by atoms with E-state index in [4.69, 9.17) is 10.5 Å². The van der Waals surface area contributed by atoms with Crippen molar-refractivity contribution in [2.45, 2.75) is 13.3 Å². The number of carbonyl (C=O) groups is 1. The van der Waals surface area contributed by atoms with Crippen molar-refractivity contribution in [3.05, 3.63) is 36.4 Å². The van der Waals surface area contributed by atoms with Crippen molar-refractivity contribution in [2.24, 2.45) is 0 Å². The number of benzene rings is 2. The fourth-order valence-corrected chi connectivity index (χ4v) is 1.96. The summed E-state index contributed by atoms with van der Waals surface area (Å²) in [6.45, 7) is 2.90. The average molecular weight is 258 g/mol. The van der Waals surface area contributed by atoms with E-state index in [-0.39, 0.29) is 5.91 Å².